The maximum atomic E-state index is 2.53. The second-order valence-corrected chi connectivity index (χ2v) is 4.83. The van der Waals surface area contributed by atoms with Crippen LogP contribution in [-0.4, -0.2) is 0 Å². The van der Waals surface area contributed by atoms with E-state index in [4.69, 9.17) is 0 Å². The van der Waals surface area contributed by atoms with E-state index in [0.29, 0.717) is 5.41 Å². The van der Waals surface area contributed by atoms with E-state index in [2.05, 4.69) is 19.9 Å². The third kappa shape index (κ3) is 1.12. The summed E-state index contributed by atoms with van der Waals surface area (Å²) in [6, 6.07) is 0. The second kappa shape index (κ2) is 2.90. The van der Waals surface area contributed by atoms with Crippen molar-refractivity contribution in [3.8, 4) is 0 Å². The number of allylic oxidation sites excluding steroid dienone is 2. The van der Waals surface area contributed by atoms with Gasteiger partial charge >= 0.3 is 0 Å². The van der Waals surface area contributed by atoms with Crippen molar-refractivity contribution >= 4 is 0 Å². The molecule has 1 fully saturated rings. The van der Waals surface area contributed by atoms with Crippen molar-refractivity contribution in [3.05, 3.63) is 11.6 Å². The maximum Gasteiger partial charge on any atom is -0.00907 e. The lowest BCUT2D eigenvalue weighted by atomic mass is 9.61. The molecule has 0 nitrogen and oxygen atoms in total. The lowest BCUT2D eigenvalue weighted by molar-refractivity contribution is 0.178. The molecule has 0 spiro atoms. The third-order valence-corrected chi connectivity index (χ3v) is 4.20. The first kappa shape index (κ1) is 8.34. The summed E-state index contributed by atoms with van der Waals surface area (Å²) in [5, 5.41) is 0. The van der Waals surface area contributed by atoms with E-state index >= 15 is 0 Å². The Morgan fingerprint density at radius 1 is 1.42 bits per heavy atom. The highest BCUT2D eigenvalue weighted by molar-refractivity contribution is 5.19. The van der Waals surface area contributed by atoms with Gasteiger partial charge in [0.15, 0.2) is 0 Å². The van der Waals surface area contributed by atoms with Gasteiger partial charge in [0.1, 0.15) is 0 Å². The van der Waals surface area contributed by atoms with Crippen molar-refractivity contribution in [2.75, 3.05) is 0 Å². The molecule has 2 unspecified atom stereocenters. The first-order valence-corrected chi connectivity index (χ1v) is 5.43. The van der Waals surface area contributed by atoms with Gasteiger partial charge in [-0.1, -0.05) is 31.9 Å². The fourth-order valence-corrected chi connectivity index (χ4v) is 2.98. The summed E-state index contributed by atoms with van der Waals surface area (Å²) in [6.07, 6.45) is 11.0. The SMILES string of the molecule is CC1CCC=C2CCCCC21C. The van der Waals surface area contributed by atoms with Gasteiger partial charge < -0.3 is 0 Å². The Labute approximate surface area is 76.1 Å². The summed E-state index contributed by atoms with van der Waals surface area (Å²) < 4.78 is 0. The van der Waals surface area contributed by atoms with Gasteiger partial charge in [-0.05, 0) is 43.4 Å². The highest BCUT2D eigenvalue weighted by Gasteiger charge is 2.37. The van der Waals surface area contributed by atoms with E-state index in [-0.39, 0.29) is 0 Å². The van der Waals surface area contributed by atoms with Crippen LogP contribution in [0.25, 0.3) is 0 Å². The van der Waals surface area contributed by atoms with Crippen molar-refractivity contribution in [3.63, 3.8) is 0 Å². The summed E-state index contributed by atoms with van der Waals surface area (Å²) in [5.74, 6) is 0.929. The fourth-order valence-electron chi connectivity index (χ4n) is 2.98. The summed E-state index contributed by atoms with van der Waals surface area (Å²) >= 11 is 0. The number of hydrogen-bond acceptors (Lipinski definition) is 0. The molecule has 0 aromatic heterocycles. The van der Waals surface area contributed by atoms with Gasteiger partial charge in [-0.25, -0.2) is 0 Å². The van der Waals surface area contributed by atoms with Crippen LogP contribution in [0.15, 0.2) is 11.6 Å². The molecule has 12 heavy (non-hydrogen) atoms. The molecule has 0 saturated heterocycles. The minimum absolute atomic E-state index is 0.594. The van der Waals surface area contributed by atoms with Crippen molar-refractivity contribution in [1.82, 2.24) is 0 Å². The lowest BCUT2D eigenvalue weighted by Gasteiger charge is -2.44. The molecule has 1 saturated carbocycles. The minimum atomic E-state index is 0.594. The van der Waals surface area contributed by atoms with Crippen LogP contribution >= 0.6 is 0 Å². The predicted molar refractivity (Wildman–Crippen MR) is 53.1 cm³/mol. The van der Waals surface area contributed by atoms with E-state index in [9.17, 15) is 0 Å². The Bertz CT molecular complexity index is 202. The zero-order valence-electron chi connectivity index (χ0n) is 8.40. The molecular formula is C12H20. The third-order valence-electron chi connectivity index (χ3n) is 4.20. The molecule has 2 aliphatic carbocycles. The molecule has 0 heterocycles. The van der Waals surface area contributed by atoms with Crippen LogP contribution in [0, 0.1) is 11.3 Å². The first-order valence-electron chi connectivity index (χ1n) is 5.43. The molecule has 0 aromatic carbocycles. The van der Waals surface area contributed by atoms with Gasteiger partial charge in [-0.2, -0.15) is 0 Å². The van der Waals surface area contributed by atoms with E-state index in [1.807, 2.05) is 0 Å². The standard InChI is InChI=1S/C12H20/c1-10-6-5-8-11-7-3-4-9-12(10,11)2/h8,10H,3-7,9H2,1-2H3. The molecule has 2 rings (SSSR count). The van der Waals surface area contributed by atoms with Crippen molar-refractivity contribution < 1.29 is 0 Å². The maximum absolute atomic E-state index is 2.53. The molecular weight excluding hydrogens is 144 g/mol. The molecule has 0 N–H and O–H groups in total. The summed E-state index contributed by atoms with van der Waals surface area (Å²) in [7, 11) is 0. The second-order valence-electron chi connectivity index (χ2n) is 4.83. The summed E-state index contributed by atoms with van der Waals surface area (Å²) in [4.78, 5) is 0. The Balaban J connectivity index is 2.27. The highest BCUT2D eigenvalue weighted by Crippen LogP contribution is 2.50. The molecule has 0 radical (unpaired) electrons. The van der Waals surface area contributed by atoms with Gasteiger partial charge in [-0.15, -0.1) is 0 Å². The molecule has 68 valence electrons. The van der Waals surface area contributed by atoms with Crippen LogP contribution in [0.2, 0.25) is 0 Å². The topological polar surface area (TPSA) is 0 Å². The Hall–Kier alpha value is -0.260. The van der Waals surface area contributed by atoms with Crippen LogP contribution in [0.4, 0.5) is 0 Å². The highest BCUT2D eigenvalue weighted by atomic mass is 14.4. The van der Waals surface area contributed by atoms with Gasteiger partial charge in [0.2, 0.25) is 0 Å². The number of fused-ring (bicyclic) bond motifs is 1. The number of hydrogen-bond donors (Lipinski definition) is 0. The van der Waals surface area contributed by atoms with Crippen LogP contribution < -0.4 is 0 Å². The fraction of sp³-hybridized carbons (Fsp3) is 0.833. The Morgan fingerprint density at radius 2 is 2.25 bits per heavy atom. The van der Waals surface area contributed by atoms with Crippen molar-refractivity contribution in [1.29, 1.82) is 0 Å². The lowest BCUT2D eigenvalue weighted by Crippen LogP contribution is -2.32. The van der Waals surface area contributed by atoms with E-state index in [1.54, 1.807) is 5.57 Å². The van der Waals surface area contributed by atoms with Gasteiger partial charge in [0, 0.05) is 0 Å². The molecule has 0 bridgehead atoms. The van der Waals surface area contributed by atoms with Gasteiger partial charge in [0.05, 0.1) is 0 Å². The first-order chi connectivity index (χ1) is 5.73. The summed E-state index contributed by atoms with van der Waals surface area (Å²) in [5.41, 5.74) is 2.38. The smallest absolute Gasteiger partial charge is 0.00907 e. The average molecular weight is 164 g/mol. The normalized spacial score (nSPS) is 41.8. The van der Waals surface area contributed by atoms with Crippen molar-refractivity contribution in [2.45, 2.75) is 52.4 Å². The van der Waals surface area contributed by atoms with E-state index < -0.39 is 0 Å². The van der Waals surface area contributed by atoms with E-state index in [1.165, 1.54) is 38.5 Å². The average Bonchev–Trinajstić information content (AvgIpc) is 2.07. The quantitative estimate of drug-likeness (QED) is 0.476. The van der Waals surface area contributed by atoms with Gasteiger partial charge in [-0.3, -0.25) is 0 Å². The predicted octanol–water partition coefficient (Wildman–Crippen LogP) is 3.92. The van der Waals surface area contributed by atoms with Crippen LogP contribution in [-0.2, 0) is 0 Å². The molecule has 0 aliphatic heterocycles. The summed E-state index contributed by atoms with van der Waals surface area (Å²) in [6.45, 7) is 4.93. The largest absolute Gasteiger partial charge is 0.0848 e. The zero-order chi connectivity index (χ0) is 8.60. The van der Waals surface area contributed by atoms with Crippen LogP contribution in [0.1, 0.15) is 52.4 Å². The molecule has 0 amide bonds. The molecule has 0 aromatic rings. The van der Waals surface area contributed by atoms with Crippen LogP contribution in [0.5, 0.6) is 0 Å². The minimum Gasteiger partial charge on any atom is -0.0848 e. The number of rotatable bonds is 0. The monoisotopic (exact) mass is 164 g/mol. The Morgan fingerprint density at radius 3 is 3.00 bits per heavy atom. The molecule has 2 aliphatic rings. The van der Waals surface area contributed by atoms with E-state index in [0.717, 1.165) is 5.92 Å². The van der Waals surface area contributed by atoms with Gasteiger partial charge in [0.25, 0.3) is 0 Å². The zero-order valence-corrected chi connectivity index (χ0v) is 8.40. The van der Waals surface area contributed by atoms with Crippen LogP contribution in [0.3, 0.4) is 0 Å². The molecule has 2 atom stereocenters. The Kier molecular flexibility index (Phi) is 2.02. The molecule has 0 heteroatoms. The van der Waals surface area contributed by atoms with Crippen molar-refractivity contribution in [2.24, 2.45) is 11.3 Å².